The number of aromatic nitrogens is 6. The first-order valence-electron chi connectivity index (χ1n) is 8.78. The molecule has 0 fully saturated rings. The van der Waals surface area contributed by atoms with E-state index in [1.165, 1.54) is 6.08 Å². The molecular formula is C20H19N7O. The number of carbonyl (C=O) groups excluding carboxylic acids is 1. The van der Waals surface area contributed by atoms with Crippen LogP contribution in [0.2, 0.25) is 0 Å². The highest BCUT2D eigenvalue weighted by Gasteiger charge is 2.09. The topological polar surface area (TPSA) is 90.5 Å². The van der Waals surface area contributed by atoms with Gasteiger partial charge in [0.2, 0.25) is 5.91 Å². The van der Waals surface area contributed by atoms with Crippen molar-refractivity contribution in [1.29, 1.82) is 0 Å². The summed E-state index contributed by atoms with van der Waals surface area (Å²) in [6.07, 6.45) is 9.17. The molecule has 0 radical (unpaired) electrons. The van der Waals surface area contributed by atoms with Crippen molar-refractivity contribution in [2.24, 2.45) is 7.05 Å². The monoisotopic (exact) mass is 373 g/mol. The summed E-state index contributed by atoms with van der Waals surface area (Å²) < 4.78 is 3.59. The molecule has 28 heavy (non-hydrogen) atoms. The third kappa shape index (κ3) is 3.80. The molecule has 8 heteroatoms. The molecule has 0 aliphatic heterocycles. The summed E-state index contributed by atoms with van der Waals surface area (Å²) in [6.45, 7) is 4.00. The van der Waals surface area contributed by atoms with Gasteiger partial charge in [0.25, 0.3) is 0 Å². The van der Waals surface area contributed by atoms with Crippen LogP contribution >= 0.6 is 0 Å². The van der Waals surface area contributed by atoms with Crippen molar-refractivity contribution in [3.05, 3.63) is 78.7 Å². The number of anilines is 1. The fraction of sp³-hybridized carbons (Fsp3) is 0.150. The van der Waals surface area contributed by atoms with Crippen LogP contribution in [0.25, 0.3) is 11.0 Å². The van der Waals surface area contributed by atoms with Gasteiger partial charge in [-0.15, -0.1) is 0 Å². The zero-order valence-electron chi connectivity index (χ0n) is 15.4. The van der Waals surface area contributed by atoms with Gasteiger partial charge in [-0.1, -0.05) is 18.7 Å². The lowest BCUT2D eigenvalue weighted by Gasteiger charge is -2.07. The number of amides is 1. The van der Waals surface area contributed by atoms with E-state index >= 15 is 0 Å². The van der Waals surface area contributed by atoms with Crippen LogP contribution in [0, 0.1) is 0 Å². The van der Waals surface area contributed by atoms with Crippen molar-refractivity contribution in [3.63, 3.8) is 0 Å². The number of aryl methyl sites for hydroxylation is 1. The average Bonchev–Trinajstić information content (AvgIpc) is 3.28. The Balaban J connectivity index is 1.58. The average molecular weight is 373 g/mol. The number of hydrogen-bond acceptors (Lipinski definition) is 5. The molecule has 0 unspecified atom stereocenters. The smallest absolute Gasteiger partial charge is 0.247 e. The molecule has 1 N–H and O–H groups in total. The molecule has 0 atom stereocenters. The Morgan fingerprint density at radius 2 is 2.11 bits per heavy atom. The zero-order chi connectivity index (χ0) is 19.5. The molecule has 1 amide bonds. The summed E-state index contributed by atoms with van der Waals surface area (Å²) in [5, 5.41) is 12.3. The first-order chi connectivity index (χ1) is 13.6. The first-order valence-corrected chi connectivity index (χ1v) is 8.78. The van der Waals surface area contributed by atoms with Gasteiger partial charge in [-0.05, 0) is 29.3 Å². The van der Waals surface area contributed by atoms with Gasteiger partial charge in [-0.2, -0.15) is 10.2 Å². The van der Waals surface area contributed by atoms with Crippen LogP contribution < -0.4 is 5.32 Å². The molecule has 0 saturated carbocycles. The van der Waals surface area contributed by atoms with E-state index in [0.29, 0.717) is 24.5 Å². The predicted molar refractivity (Wildman–Crippen MR) is 106 cm³/mol. The number of fused-ring (bicyclic) bond motifs is 1. The summed E-state index contributed by atoms with van der Waals surface area (Å²) >= 11 is 0. The summed E-state index contributed by atoms with van der Waals surface area (Å²) in [6, 6.07) is 7.62. The molecule has 3 heterocycles. The van der Waals surface area contributed by atoms with E-state index in [1.54, 1.807) is 17.1 Å². The van der Waals surface area contributed by atoms with E-state index in [-0.39, 0.29) is 5.91 Å². The molecule has 1 aromatic carbocycles. The predicted octanol–water partition coefficient (Wildman–Crippen LogP) is 2.32. The summed E-state index contributed by atoms with van der Waals surface area (Å²) in [7, 11) is 1.88. The van der Waals surface area contributed by atoms with E-state index < -0.39 is 0 Å². The SMILES string of the molecule is C=CC(=O)Nc1cccc(Cn2ncc3cnc(Cc4cnn(C)c4)nc32)c1. The normalized spacial score (nSPS) is 10.9. The van der Waals surface area contributed by atoms with Crippen molar-refractivity contribution in [3.8, 4) is 0 Å². The highest BCUT2D eigenvalue weighted by atomic mass is 16.1. The Morgan fingerprint density at radius 3 is 2.89 bits per heavy atom. The van der Waals surface area contributed by atoms with E-state index in [9.17, 15) is 4.79 Å². The fourth-order valence-electron chi connectivity index (χ4n) is 2.96. The van der Waals surface area contributed by atoms with Crippen molar-refractivity contribution in [2.75, 3.05) is 5.32 Å². The number of benzene rings is 1. The molecule has 4 rings (SSSR count). The van der Waals surface area contributed by atoms with Crippen LogP contribution in [0.4, 0.5) is 5.69 Å². The van der Waals surface area contributed by atoms with Crippen molar-refractivity contribution in [2.45, 2.75) is 13.0 Å². The van der Waals surface area contributed by atoms with E-state index in [4.69, 9.17) is 0 Å². The van der Waals surface area contributed by atoms with E-state index in [0.717, 1.165) is 22.2 Å². The maximum Gasteiger partial charge on any atom is 0.247 e. The maximum atomic E-state index is 11.5. The quantitative estimate of drug-likeness (QED) is 0.524. The van der Waals surface area contributed by atoms with Crippen molar-refractivity contribution < 1.29 is 4.79 Å². The second kappa shape index (κ2) is 7.43. The van der Waals surface area contributed by atoms with Crippen LogP contribution in [0.3, 0.4) is 0 Å². The van der Waals surface area contributed by atoms with Crippen molar-refractivity contribution in [1.82, 2.24) is 29.5 Å². The van der Waals surface area contributed by atoms with E-state index in [2.05, 4.69) is 32.1 Å². The standard InChI is InChI=1S/C20H19N7O/c1-3-19(28)24-17-6-4-5-14(7-17)13-27-20-16(11-23-27)10-21-18(25-20)8-15-9-22-26(2)12-15/h3-7,9-12H,1,8,13H2,2H3,(H,24,28). The van der Waals surface area contributed by atoms with Crippen molar-refractivity contribution >= 4 is 22.6 Å². The molecule has 0 spiro atoms. The van der Waals surface area contributed by atoms with Gasteiger partial charge in [0.15, 0.2) is 5.65 Å². The minimum Gasteiger partial charge on any atom is -0.323 e. The van der Waals surface area contributed by atoms with Gasteiger partial charge in [0, 0.05) is 31.5 Å². The van der Waals surface area contributed by atoms with Gasteiger partial charge in [0.1, 0.15) is 5.82 Å². The van der Waals surface area contributed by atoms with Gasteiger partial charge >= 0.3 is 0 Å². The Bertz CT molecular complexity index is 1160. The zero-order valence-corrected chi connectivity index (χ0v) is 15.4. The van der Waals surface area contributed by atoms with Crippen LogP contribution in [0.5, 0.6) is 0 Å². The molecule has 0 saturated heterocycles. The third-order valence-electron chi connectivity index (χ3n) is 4.26. The lowest BCUT2D eigenvalue weighted by molar-refractivity contribution is -0.111. The summed E-state index contributed by atoms with van der Waals surface area (Å²) in [4.78, 5) is 20.6. The molecule has 8 nitrogen and oxygen atoms in total. The van der Waals surface area contributed by atoms with E-state index in [1.807, 2.05) is 48.4 Å². The Kier molecular flexibility index (Phi) is 4.67. The molecule has 3 aromatic heterocycles. The maximum absolute atomic E-state index is 11.5. The van der Waals surface area contributed by atoms with Crippen LogP contribution in [0.15, 0.2) is 61.7 Å². The Labute approximate surface area is 161 Å². The molecular weight excluding hydrogens is 354 g/mol. The Morgan fingerprint density at radius 1 is 1.21 bits per heavy atom. The number of carbonyl (C=O) groups is 1. The number of rotatable bonds is 6. The van der Waals surface area contributed by atoms with Crippen LogP contribution in [0.1, 0.15) is 17.0 Å². The highest BCUT2D eigenvalue weighted by molar-refractivity contribution is 5.98. The van der Waals surface area contributed by atoms with Gasteiger partial charge < -0.3 is 5.32 Å². The summed E-state index contributed by atoms with van der Waals surface area (Å²) in [5.41, 5.74) is 3.54. The number of nitrogens with zero attached hydrogens (tertiary/aromatic N) is 6. The fourth-order valence-corrected chi connectivity index (χ4v) is 2.96. The highest BCUT2D eigenvalue weighted by Crippen LogP contribution is 2.16. The minimum absolute atomic E-state index is 0.241. The molecule has 0 aliphatic rings. The largest absolute Gasteiger partial charge is 0.323 e. The van der Waals surface area contributed by atoms with Gasteiger partial charge in [0.05, 0.1) is 24.3 Å². The molecule has 4 aromatic rings. The first kappa shape index (κ1) is 17.6. The molecule has 0 bridgehead atoms. The second-order valence-electron chi connectivity index (χ2n) is 6.46. The minimum atomic E-state index is -0.241. The lowest BCUT2D eigenvalue weighted by Crippen LogP contribution is -2.08. The Hall–Kier alpha value is -3.81. The lowest BCUT2D eigenvalue weighted by atomic mass is 10.2. The molecule has 0 aliphatic carbocycles. The third-order valence-corrected chi connectivity index (χ3v) is 4.26. The van der Waals surface area contributed by atoms with Crippen LogP contribution in [-0.4, -0.2) is 35.4 Å². The second-order valence-corrected chi connectivity index (χ2v) is 6.46. The summed E-state index contributed by atoms with van der Waals surface area (Å²) in [5.74, 6) is 0.476. The number of hydrogen-bond donors (Lipinski definition) is 1. The molecule has 140 valence electrons. The van der Waals surface area contributed by atoms with Gasteiger partial charge in [-0.25, -0.2) is 14.6 Å². The van der Waals surface area contributed by atoms with Gasteiger partial charge in [-0.3, -0.25) is 9.48 Å². The van der Waals surface area contributed by atoms with Crippen LogP contribution in [-0.2, 0) is 24.8 Å². The number of nitrogens with one attached hydrogen (secondary N) is 1.